The summed E-state index contributed by atoms with van der Waals surface area (Å²) in [6.07, 6.45) is 5.53. The second-order valence-electron chi connectivity index (χ2n) is 4.45. The van der Waals surface area contributed by atoms with Crippen LogP contribution in [0, 0.1) is 5.92 Å². The molecule has 0 radical (unpaired) electrons. The maximum atomic E-state index is 9.22. The van der Waals surface area contributed by atoms with Crippen molar-refractivity contribution in [2.75, 3.05) is 18.6 Å². The minimum absolute atomic E-state index is 0.219. The van der Waals surface area contributed by atoms with E-state index in [1.165, 1.54) is 11.8 Å². The van der Waals surface area contributed by atoms with Gasteiger partial charge in [-0.2, -0.15) is 0 Å². The van der Waals surface area contributed by atoms with Crippen molar-refractivity contribution in [1.29, 1.82) is 0 Å². The zero-order chi connectivity index (χ0) is 13.8. The lowest BCUT2D eigenvalue weighted by Gasteiger charge is -2.11. The Morgan fingerprint density at radius 3 is 2.89 bits per heavy atom. The zero-order valence-electron chi connectivity index (χ0n) is 11.2. The average molecular weight is 281 g/mol. The van der Waals surface area contributed by atoms with Gasteiger partial charge >= 0.3 is 0 Å². The first-order valence-corrected chi connectivity index (χ1v) is 7.55. The number of imidazole rings is 1. The number of aliphatic hydroxyl groups excluding tert-OH is 1. The summed E-state index contributed by atoms with van der Waals surface area (Å²) >= 11 is 1.46. The van der Waals surface area contributed by atoms with E-state index in [1.54, 1.807) is 6.33 Å². The third-order valence-corrected chi connectivity index (χ3v) is 3.81. The van der Waals surface area contributed by atoms with Crippen LogP contribution in [0.1, 0.15) is 19.8 Å². The third-order valence-electron chi connectivity index (χ3n) is 3.27. The van der Waals surface area contributed by atoms with E-state index in [9.17, 15) is 5.11 Å². The van der Waals surface area contributed by atoms with Crippen molar-refractivity contribution in [3.05, 3.63) is 6.33 Å². The van der Waals surface area contributed by atoms with E-state index in [0.717, 1.165) is 25.0 Å². The van der Waals surface area contributed by atoms with Gasteiger partial charge in [-0.25, -0.2) is 15.0 Å². The summed E-state index contributed by atoms with van der Waals surface area (Å²) in [6.45, 7) is 3.08. The largest absolute Gasteiger partial charge is 0.396 e. The van der Waals surface area contributed by atoms with Crippen molar-refractivity contribution in [1.82, 2.24) is 19.5 Å². The number of fused-ring (bicyclic) bond motifs is 1. The van der Waals surface area contributed by atoms with Crippen LogP contribution in [0.5, 0.6) is 0 Å². The molecule has 0 bridgehead atoms. The lowest BCUT2D eigenvalue weighted by molar-refractivity contribution is 0.210. The van der Waals surface area contributed by atoms with Gasteiger partial charge in [-0.15, -0.1) is 0 Å². The number of aliphatic hydroxyl groups is 1. The molecule has 0 saturated heterocycles. The number of aromatic nitrogens is 4. The lowest BCUT2D eigenvalue weighted by Crippen LogP contribution is -2.09. The smallest absolute Gasteiger partial charge is 0.191 e. The number of nitrogen functional groups attached to an aromatic ring is 1. The molecule has 0 fully saturated rings. The van der Waals surface area contributed by atoms with Gasteiger partial charge in [0.2, 0.25) is 0 Å². The molecule has 2 rings (SSSR count). The van der Waals surface area contributed by atoms with Gasteiger partial charge in [0.25, 0.3) is 0 Å². The molecule has 0 spiro atoms. The fourth-order valence-corrected chi connectivity index (χ4v) is 2.31. The van der Waals surface area contributed by atoms with Crippen molar-refractivity contribution in [3.8, 4) is 0 Å². The first kappa shape index (κ1) is 14.1. The molecule has 0 amide bonds. The third kappa shape index (κ3) is 2.98. The van der Waals surface area contributed by atoms with Crippen LogP contribution in [0.2, 0.25) is 0 Å². The SMILES string of the molecule is CCC(CO)CCn1cnc2c(N)nc(SC)nc21. The topological polar surface area (TPSA) is 89.8 Å². The van der Waals surface area contributed by atoms with Crippen LogP contribution in [-0.2, 0) is 6.54 Å². The number of hydrogen-bond donors (Lipinski definition) is 2. The molecule has 0 aliphatic heterocycles. The highest BCUT2D eigenvalue weighted by atomic mass is 32.2. The van der Waals surface area contributed by atoms with E-state index in [1.807, 2.05) is 10.8 Å². The van der Waals surface area contributed by atoms with Crippen molar-refractivity contribution < 1.29 is 5.11 Å². The molecule has 1 unspecified atom stereocenters. The number of thioether (sulfide) groups is 1. The highest BCUT2D eigenvalue weighted by Crippen LogP contribution is 2.21. The quantitative estimate of drug-likeness (QED) is 0.616. The predicted octanol–water partition coefficient (Wildman–Crippen LogP) is 1.54. The average Bonchev–Trinajstić information content (AvgIpc) is 2.83. The normalized spacial score (nSPS) is 13.0. The number of aryl methyl sites for hydroxylation is 1. The predicted molar refractivity (Wildman–Crippen MR) is 77.0 cm³/mol. The Morgan fingerprint density at radius 1 is 1.47 bits per heavy atom. The van der Waals surface area contributed by atoms with Crippen LogP contribution in [0.15, 0.2) is 11.5 Å². The van der Waals surface area contributed by atoms with E-state index >= 15 is 0 Å². The van der Waals surface area contributed by atoms with Gasteiger partial charge in [-0.05, 0) is 18.6 Å². The number of nitrogens with zero attached hydrogens (tertiary/aromatic N) is 4. The summed E-state index contributed by atoms with van der Waals surface area (Å²) in [5.74, 6) is 0.735. The van der Waals surface area contributed by atoms with E-state index in [-0.39, 0.29) is 6.61 Å². The molecule has 0 saturated carbocycles. The van der Waals surface area contributed by atoms with Crippen LogP contribution in [0.4, 0.5) is 5.82 Å². The molecule has 2 heterocycles. The Kier molecular flexibility index (Phi) is 4.60. The number of nitrogens with two attached hydrogens (primary N) is 1. The highest BCUT2D eigenvalue weighted by Gasteiger charge is 2.12. The molecule has 1 atom stereocenters. The summed E-state index contributed by atoms with van der Waals surface area (Å²) < 4.78 is 1.98. The van der Waals surface area contributed by atoms with Crippen LogP contribution in [0.25, 0.3) is 11.2 Å². The molecule has 6 nitrogen and oxygen atoms in total. The lowest BCUT2D eigenvalue weighted by atomic mass is 10.0. The zero-order valence-corrected chi connectivity index (χ0v) is 12.0. The Labute approximate surface area is 116 Å². The number of anilines is 1. The van der Waals surface area contributed by atoms with E-state index < -0.39 is 0 Å². The van der Waals surface area contributed by atoms with Gasteiger partial charge in [0.1, 0.15) is 5.52 Å². The minimum atomic E-state index is 0.219. The molecule has 19 heavy (non-hydrogen) atoms. The van der Waals surface area contributed by atoms with Gasteiger partial charge in [0.15, 0.2) is 16.6 Å². The Bertz CT molecular complexity index is 552. The molecule has 104 valence electrons. The van der Waals surface area contributed by atoms with Crippen molar-refractivity contribution >= 4 is 28.7 Å². The molecular weight excluding hydrogens is 262 g/mol. The number of rotatable bonds is 6. The molecule has 3 N–H and O–H groups in total. The van der Waals surface area contributed by atoms with Gasteiger partial charge in [0, 0.05) is 13.2 Å². The second-order valence-corrected chi connectivity index (χ2v) is 5.22. The second kappa shape index (κ2) is 6.21. The first-order chi connectivity index (χ1) is 9.19. The summed E-state index contributed by atoms with van der Waals surface area (Å²) in [6, 6.07) is 0. The molecule has 7 heteroatoms. The van der Waals surface area contributed by atoms with Crippen LogP contribution in [-0.4, -0.2) is 37.5 Å². The maximum Gasteiger partial charge on any atom is 0.191 e. The molecule has 2 aromatic heterocycles. The van der Waals surface area contributed by atoms with Gasteiger partial charge < -0.3 is 15.4 Å². The standard InChI is InChI=1S/C12H19N5OS/c1-3-8(6-18)4-5-17-7-14-9-10(13)15-12(19-2)16-11(9)17/h7-8,18H,3-6H2,1-2H3,(H2,13,15,16). The van der Waals surface area contributed by atoms with E-state index in [2.05, 4.69) is 21.9 Å². The van der Waals surface area contributed by atoms with Crippen molar-refractivity contribution in [2.45, 2.75) is 31.5 Å². The monoisotopic (exact) mass is 281 g/mol. The first-order valence-electron chi connectivity index (χ1n) is 6.32. The Hall–Kier alpha value is -1.34. The minimum Gasteiger partial charge on any atom is -0.396 e. The summed E-state index contributed by atoms with van der Waals surface area (Å²) in [5.41, 5.74) is 7.29. The van der Waals surface area contributed by atoms with Gasteiger partial charge in [-0.3, -0.25) is 0 Å². The summed E-state index contributed by atoms with van der Waals surface area (Å²) in [7, 11) is 0. The maximum absolute atomic E-state index is 9.22. The van der Waals surface area contributed by atoms with Gasteiger partial charge in [0.05, 0.1) is 6.33 Å². The molecular formula is C12H19N5OS. The molecule has 0 aliphatic rings. The van der Waals surface area contributed by atoms with E-state index in [4.69, 9.17) is 5.73 Å². The molecule has 2 aromatic rings. The fourth-order valence-electron chi connectivity index (χ4n) is 1.95. The highest BCUT2D eigenvalue weighted by molar-refractivity contribution is 7.98. The van der Waals surface area contributed by atoms with E-state index in [0.29, 0.717) is 22.4 Å². The fraction of sp³-hybridized carbons (Fsp3) is 0.583. The van der Waals surface area contributed by atoms with Crippen molar-refractivity contribution in [3.63, 3.8) is 0 Å². The molecule has 0 aromatic carbocycles. The Balaban J connectivity index is 2.26. The van der Waals surface area contributed by atoms with Crippen LogP contribution in [0.3, 0.4) is 0 Å². The Morgan fingerprint density at radius 2 is 2.26 bits per heavy atom. The van der Waals surface area contributed by atoms with Crippen molar-refractivity contribution in [2.24, 2.45) is 5.92 Å². The van der Waals surface area contributed by atoms with Crippen LogP contribution < -0.4 is 5.73 Å². The van der Waals surface area contributed by atoms with Crippen LogP contribution >= 0.6 is 11.8 Å². The number of hydrogen-bond acceptors (Lipinski definition) is 6. The van der Waals surface area contributed by atoms with Gasteiger partial charge in [-0.1, -0.05) is 25.1 Å². The molecule has 0 aliphatic carbocycles. The summed E-state index contributed by atoms with van der Waals surface area (Å²) in [4.78, 5) is 12.9. The summed E-state index contributed by atoms with van der Waals surface area (Å²) in [5, 5.41) is 9.87.